The molecule has 230 valence electrons. The van der Waals surface area contributed by atoms with E-state index in [9.17, 15) is 24.3 Å². The number of carbonyl (C=O) groups excluding carboxylic acids is 3. The highest BCUT2D eigenvalue weighted by Crippen LogP contribution is 2.34. The molecule has 1 fully saturated rings. The lowest BCUT2D eigenvalue weighted by Crippen LogP contribution is -2.41. The van der Waals surface area contributed by atoms with E-state index >= 15 is 0 Å². The number of rotatable bonds is 16. The van der Waals surface area contributed by atoms with Crippen LogP contribution in [0.5, 0.6) is 0 Å². The Hall–Kier alpha value is -3.41. The molecule has 0 radical (unpaired) electrons. The van der Waals surface area contributed by atoms with Crippen molar-refractivity contribution in [3.05, 3.63) is 39.9 Å². The van der Waals surface area contributed by atoms with E-state index in [2.05, 4.69) is 20.3 Å². The second-order valence-corrected chi connectivity index (χ2v) is 12.6. The molecule has 1 aliphatic rings. The van der Waals surface area contributed by atoms with Crippen LogP contribution in [0.25, 0.3) is 0 Å². The molecular formula is C30H43N5O6S. The van der Waals surface area contributed by atoms with Crippen LogP contribution in [0.4, 0.5) is 0 Å². The first kappa shape index (κ1) is 33.1. The van der Waals surface area contributed by atoms with Crippen LogP contribution >= 0.6 is 11.3 Å². The SMILES string of the molecule is CC(=O)OC(CC(C(C)C)N(C)C(=O)CCC1CC1)c1nc(C(=O)NC(Cc2ncc(C)cn2)CC(C)C(=O)O)cs1. The number of nitrogens with one attached hydrogen (secondary N) is 1. The van der Waals surface area contributed by atoms with Gasteiger partial charge in [-0.15, -0.1) is 11.3 Å². The molecule has 4 atom stereocenters. The summed E-state index contributed by atoms with van der Waals surface area (Å²) >= 11 is 1.20. The quantitative estimate of drug-likeness (QED) is 0.267. The Morgan fingerprint density at radius 3 is 2.38 bits per heavy atom. The molecule has 4 unspecified atom stereocenters. The van der Waals surface area contributed by atoms with Gasteiger partial charge in [0.2, 0.25) is 5.91 Å². The lowest BCUT2D eigenvalue weighted by Gasteiger charge is -2.33. The Labute approximate surface area is 251 Å². The standard InChI is InChI=1S/C30H43N5O6S/c1-17(2)24(35(6)27(37)10-9-21-7-8-21)13-25(41-20(5)36)29-34-23(16-42-29)28(38)33-22(11-19(4)30(39)40)12-26-31-14-18(3)15-32-26/h14-17,19,21-22,24-25H,7-13H2,1-6H3,(H,33,38)(H,39,40). The lowest BCUT2D eigenvalue weighted by molar-refractivity contribution is -0.148. The molecule has 2 N–H and O–H groups in total. The van der Waals surface area contributed by atoms with Crippen molar-refractivity contribution in [2.45, 2.75) is 97.8 Å². The normalized spacial score (nSPS) is 15.9. The fourth-order valence-corrected chi connectivity index (χ4v) is 5.70. The minimum absolute atomic E-state index is 0.0700. The van der Waals surface area contributed by atoms with Gasteiger partial charge in [-0.1, -0.05) is 33.6 Å². The molecule has 0 saturated heterocycles. The van der Waals surface area contributed by atoms with Crippen molar-refractivity contribution < 1.29 is 29.0 Å². The Bertz CT molecular complexity index is 1230. The second kappa shape index (κ2) is 15.2. The number of esters is 1. The number of hydrogen-bond donors (Lipinski definition) is 2. The molecule has 0 aliphatic heterocycles. The first-order valence-electron chi connectivity index (χ1n) is 14.5. The zero-order valence-corrected chi connectivity index (χ0v) is 26.1. The van der Waals surface area contributed by atoms with E-state index in [4.69, 9.17) is 4.74 Å². The van der Waals surface area contributed by atoms with Crippen molar-refractivity contribution in [3.8, 4) is 0 Å². The molecule has 3 rings (SSSR count). The van der Waals surface area contributed by atoms with Crippen molar-refractivity contribution in [1.82, 2.24) is 25.2 Å². The fraction of sp³-hybridized carbons (Fsp3) is 0.633. The van der Waals surface area contributed by atoms with E-state index in [1.807, 2.05) is 20.8 Å². The molecule has 1 saturated carbocycles. The predicted molar refractivity (Wildman–Crippen MR) is 158 cm³/mol. The van der Waals surface area contributed by atoms with Gasteiger partial charge in [0, 0.05) is 63.1 Å². The number of thiazole rings is 1. The smallest absolute Gasteiger partial charge is 0.306 e. The minimum Gasteiger partial charge on any atom is -0.481 e. The maximum Gasteiger partial charge on any atom is 0.306 e. The van der Waals surface area contributed by atoms with E-state index in [0.29, 0.717) is 29.6 Å². The van der Waals surface area contributed by atoms with Crippen LogP contribution in [-0.2, 0) is 25.5 Å². The highest BCUT2D eigenvalue weighted by Gasteiger charge is 2.32. The maximum atomic E-state index is 13.3. The summed E-state index contributed by atoms with van der Waals surface area (Å²) in [4.78, 5) is 64.6. The van der Waals surface area contributed by atoms with Crippen molar-refractivity contribution >= 4 is 35.1 Å². The van der Waals surface area contributed by atoms with Crippen molar-refractivity contribution in [3.63, 3.8) is 0 Å². The monoisotopic (exact) mass is 601 g/mol. The fourth-order valence-electron chi connectivity index (χ4n) is 4.86. The number of aryl methyl sites for hydroxylation is 1. The van der Waals surface area contributed by atoms with Gasteiger partial charge in [-0.3, -0.25) is 19.2 Å². The van der Waals surface area contributed by atoms with Gasteiger partial charge in [-0.25, -0.2) is 15.0 Å². The third kappa shape index (κ3) is 10.1. The van der Waals surface area contributed by atoms with Crippen LogP contribution in [0.3, 0.4) is 0 Å². The average molecular weight is 602 g/mol. The summed E-state index contributed by atoms with van der Waals surface area (Å²) in [5.74, 6) is -1.29. The van der Waals surface area contributed by atoms with Gasteiger partial charge >= 0.3 is 11.9 Å². The molecule has 0 aromatic carbocycles. The minimum atomic E-state index is -0.963. The molecule has 2 aromatic heterocycles. The third-order valence-electron chi connectivity index (χ3n) is 7.58. The van der Waals surface area contributed by atoms with Crippen LogP contribution in [0.15, 0.2) is 17.8 Å². The molecule has 1 aliphatic carbocycles. The third-order valence-corrected chi connectivity index (χ3v) is 8.51. The highest BCUT2D eigenvalue weighted by atomic mass is 32.1. The van der Waals surface area contributed by atoms with E-state index < -0.39 is 35.9 Å². The number of carbonyl (C=O) groups is 4. The van der Waals surface area contributed by atoms with Gasteiger partial charge in [-0.2, -0.15) is 0 Å². The zero-order chi connectivity index (χ0) is 31.0. The number of ether oxygens (including phenoxy) is 1. The number of hydrogen-bond acceptors (Lipinski definition) is 9. The average Bonchev–Trinajstić information content (AvgIpc) is 3.62. The highest BCUT2D eigenvalue weighted by molar-refractivity contribution is 7.09. The molecule has 42 heavy (non-hydrogen) atoms. The molecule has 0 bridgehead atoms. The molecule has 2 aromatic rings. The van der Waals surface area contributed by atoms with Gasteiger partial charge in [0.05, 0.1) is 5.92 Å². The largest absolute Gasteiger partial charge is 0.481 e. The van der Waals surface area contributed by atoms with Gasteiger partial charge < -0.3 is 20.1 Å². The topological polar surface area (TPSA) is 152 Å². The van der Waals surface area contributed by atoms with Crippen LogP contribution < -0.4 is 5.32 Å². The maximum absolute atomic E-state index is 13.3. The number of carboxylic acid groups (broad SMARTS) is 1. The van der Waals surface area contributed by atoms with Gasteiger partial charge in [0.25, 0.3) is 5.91 Å². The number of aromatic nitrogens is 3. The summed E-state index contributed by atoms with van der Waals surface area (Å²) < 4.78 is 5.65. The summed E-state index contributed by atoms with van der Waals surface area (Å²) in [6, 6.07) is -0.736. The molecule has 2 amide bonds. The molecule has 11 nitrogen and oxygen atoms in total. The van der Waals surface area contributed by atoms with Gasteiger partial charge in [0.15, 0.2) is 6.10 Å². The van der Waals surface area contributed by atoms with E-state index in [-0.39, 0.29) is 36.4 Å². The molecule has 0 spiro atoms. The number of carboxylic acids is 1. The summed E-state index contributed by atoms with van der Waals surface area (Å²) in [5.41, 5.74) is 1.03. The van der Waals surface area contributed by atoms with Crippen LogP contribution in [0.2, 0.25) is 0 Å². The number of nitrogens with zero attached hydrogens (tertiary/aromatic N) is 4. The predicted octanol–water partition coefficient (Wildman–Crippen LogP) is 4.36. The Morgan fingerprint density at radius 2 is 1.81 bits per heavy atom. The molecule has 2 heterocycles. The van der Waals surface area contributed by atoms with Gasteiger partial charge in [0.1, 0.15) is 16.5 Å². The lowest BCUT2D eigenvalue weighted by atomic mass is 9.96. The molecular weight excluding hydrogens is 558 g/mol. The molecule has 12 heteroatoms. The Balaban J connectivity index is 1.74. The van der Waals surface area contributed by atoms with Crippen LogP contribution in [0.1, 0.15) is 99.2 Å². The van der Waals surface area contributed by atoms with Crippen molar-refractivity contribution in [1.29, 1.82) is 0 Å². The van der Waals surface area contributed by atoms with Gasteiger partial charge in [-0.05, 0) is 37.2 Å². The Kier molecular flexibility index (Phi) is 12.0. The van der Waals surface area contributed by atoms with Crippen molar-refractivity contribution in [2.75, 3.05) is 7.05 Å². The number of amides is 2. The summed E-state index contributed by atoms with van der Waals surface area (Å²) in [6.45, 7) is 8.83. The van der Waals surface area contributed by atoms with Crippen LogP contribution in [0, 0.1) is 24.7 Å². The van der Waals surface area contributed by atoms with E-state index in [0.717, 1.165) is 12.0 Å². The van der Waals surface area contributed by atoms with Crippen molar-refractivity contribution in [2.24, 2.45) is 17.8 Å². The number of aliphatic carboxylic acids is 1. The first-order chi connectivity index (χ1) is 19.8. The van der Waals surface area contributed by atoms with Crippen LogP contribution in [-0.4, -0.2) is 67.8 Å². The van der Waals surface area contributed by atoms with E-state index in [1.54, 1.807) is 36.6 Å². The summed E-state index contributed by atoms with van der Waals surface area (Å²) in [7, 11) is 1.79. The summed E-state index contributed by atoms with van der Waals surface area (Å²) in [6.07, 6.45) is 7.18. The first-order valence-corrected chi connectivity index (χ1v) is 15.4. The second-order valence-electron chi connectivity index (χ2n) is 11.7. The zero-order valence-electron chi connectivity index (χ0n) is 25.3. The van der Waals surface area contributed by atoms with E-state index in [1.165, 1.54) is 31.1 Å². The summed E-state index contributed by atoms with van der Waals surface area (Å²) in [5, 5.41) is 14.4. The Morgan fingerprint density at radius 1 is 1.14 bits per heavy atom.